The van der Waals surface area contributed by atoms with Crippen LogP contribution in [0.2, 0.25) is 0 Å². The van der Waals surface area contributed by atoms with E-state index in [9.17, 15) is 5.11 Å². The molecule has 2 aromatic carbocycles. The molecule has 0 aliphatic carbocycles. The molecule has 5 nitrogen and oxygen atoms in total. The van der Waals surface area contributed by atoms with Gasteiger partial charge < -0.3 is 15.2 Å². The first-order valence-electron chi connectivity index (χ1n) is 8.65. The topological polar surface area (TPSA) is 67.3 Å². The van der Waals surface area contributed by atoms with Gasteiger partial charge in [-0.15, -0.1) is 0 Å². The van der Waals surface area contributed by atoms with E-state index in [0.717, 1.165) is 10.9 Å². The summed E-state index contributed by atoms with van der Waals surface area (Å²) in [5.41, 5.74) is 2.18. The first-order valence-corrected chi connectivity index (χ1v) is 8.65. The normalized spacial score (nSPS) is 11.9. The summed E-state index contributed by atoms with van der Waals surface area (Å²) in [4.78, 5) is 8.72. The van der Waals surface area contributed by atoms with Crippen molar-refractivity contribution in [1.29, 1.82) is 0 Å². The number of phenols is 1. The molecule has 0 bridgehead atoms. The number of benzene rings is 2. The van der Waals surface area contributed by atoms with Crippen LogP contribution in [0.4, 0.5) is 5.82 Å². The van der Waals surface area contributed by atoms with Crippen molar-refractivity contribution in [3.8, 4) is 11.5 Å². The van der Waals surface area contributed by atoms with Gasteiger partial charge in [0.1, 0.15) is 22.8 Å². The Morgan fingerprint density at radius 2 is 1.70 bits per heavy atom. The molecule has 4 rings (SSSR count). The number of nitrogens with one attached hydrogen (secondary N) is 1. The van der Waals surface area contributed by atoms with Gasteiger partial charge in [-0.25, -0.2) is 4.98 Å². The minimum Gasteiger partial charge on any atom is -0.505 e. The van der Waals surface area contributed by atoms with E-state index in [2.05, 4.69) is 15.3 Å². The molecule has 5 heteroatoms. The van der Waals surface area contributed by atoms with Crippen molar-refractivity contribution < 1.29 is 9.84 Å². The Morgan fingerprint density at radius 3 is 2.44 bits per heavy atom. The van der Waals surface area contributed by atoms with Gasteiger partial charge in [0.2, 0.25) is 0 Å². The summed E-state index contributed by atoms with van der Waals surface area (Å²) < 4.78 is 5.56. The van der Waals surface area contributed by atoms with Crippen LogP contribution in [0.5, 0.6) is 11.5 Å². The number of phenolic OH excluding ortho intramolecular Hbond substituents is 1. The molecule has 0 saturated heterocycles. The summed E-state index contributed by atoms with van der Waals surface area (Å²) in [6.07, 6.45) is 3.39. The lowest BCUT2D eigenvalue weighted by atomic mass is 9.95. The second-order valence-electron chi connectivity index (χ2n) is 6.12. The Morgan fingerprint density at radius 1 is 0.926 bits per heavy atom. The second-order valence-corrected chi connectivity index (χ2v) is 6.12. The van der Waals surface area contributed by atoms with Crippen LogP contribution < -0.4 is 10.1 Å². The van der Waals surface area contributed by atoms with E-state index in [-0.39, 0.29) is 11.8 Å². The smallest absolute Gasteiger partial charge is 0.147 e. The molecule has 2 aromatic heterocycles. The van der Waals surface area contributed by atoms with Gasteiger partial charge in [-0.1, -0.05) is 36.4 Å². The van der Waals surface area contributed by atoms with E-state index in [1.54, 1.807) is 19.5 Å². The molecule has 2 heterocycles. The van der Waals surface area contributed by atoms with Gasteiger partial charge in [0.05, 0.1) is 13.2 Å². The van der Waals surface area contributed by atoms with Gasteiger partial charge in [-0.3, -0.25) is 4.98 Å². The largest absolute Gasteiger partial charge is 0.505 e. The van der Waals surface area contributed by atoms with Crippen LogP contribution in [0.25, 0.3) is 10.9 Å². The number of ether oxygens (including phenoxy) is 1. The molecule has 0 aliphatic rings. The first kappa shape index (κ1) is 16.8. The maximum absolute atomic E-state index is 11.0. The predicted octanol–water partition coefficient (Wildman–Crippen LogP) is 4.55. The quantitative estimate of drug-likeness (QED) is 0.549. The standard InChI is InChI=1S/C22H19N3O2/c1-27-18-14-17(22(26)21-16(18)10-7-13-24-21)20(15-8-3-2-4-9-15)25-19-11-5-6-12-23-19/h2-14,20,26H,1H3,(H,23,25). The average Bonchev–Trinajstić information content (AvgIpc) is 2.74. The number of hydrogen-bond acceptors (Lipinski definition) is 5. The van der Waals surface area contributed by atoms with E-state index >= 15 is 0 Å². The van der Waals surface area contributed by atoms with Crippen LogP contribution in [0.3, 0.4) is 0 Å². The number of fused-ring (bicyclic) bond motifs is 1. The van der Waals surface area contributed by atoms with Crippen molar-refractivity contribution in [2.24, 2.45) is 0 Å². The third kappa shape index (κ3) is 3.27. The average molecular weight is 357 g/mol. The minimum absolute atomic E-state index is 0.128. The molecule has 0 fully saturated rings. The van der Waals surface area contributed by atoms with Crippen molar-refractivity contribution in [2.45, 2.75) is 6.04 Å². The number of nitrogens with zero attached hydrogens (tertiary/aromatic N) is 2. The Bertz CT molecular complexity index is 1050. The van der Waals surface area contributed by atoms with Crippen molar-refractivity contribution in [1.82, 2.24) is 9.97 Å². The fourth-order valence-electron chi connectivity index (χ4n) is 3.19. The number of aromatic hydroxyl groups is 1. The van der Waals surface area contributed by atoms with Crippen molar-refractivity contribution >= 4 is 16.7 Å². The molecule has 27 heavy (non-hydrogen) atoms. The third-order valence-electron chi connectivity index (χ3n) is 4.48. The molecule has 0 amide bonds. The van der Waals surface area contributed by atoms with E-state index < -0.39 is 0 Å². The van der Waals surface area contributed by atoms with Gasteiger partial charge in [0.15, 0.2) is 0 Å². The fourth-order valence-corrected chi connectivity index (χ4v) is 3.19. The Labute approximate surface area is 157 Å². The Kier molecular flexibility index (Phi) is 4.58. The van der Waals surface area contributed by atoms with Crippen molar-refractivity contribution in [3.05, 3.63) is 90.3 Å². The van der Waals surface area contributed by atoms with E-state index in [0.29, 0.717) is 22.6 Å². The highest BCUT2D eigenvalue weighted by Gasteiger charge is 2.22. The Balaban J connectivity index is 1.91. The minimum atomic E-state index is -0.318. The number of hydrogen-bond donors (Lipinski definition) is 2. The molecule has 0 aliphatic heterocycles. The van der Waals surface area contributed by atoms with Crippen LogP contribution in [-0.2, 0) is 0 Å². The monoisotopic (exact) mass is 357 g/mol. The van der Waals surface area contributed by atoms with Crippen LogP contribution in [-0.4, -0.2) is 22.2 Å². The lowest BCUT2D eigenvalue weighted by Crippen LogP contribution is -2.14. The molecular formula is C22H19N3O2. The van der Waals surface area contributed by atoms with Gasteiger partial charge in [0.25, 0.3) is 0 Å². The summed E-state index contributed by atoms with van der Waals surface area (Å²) >= 11 is 0. The molecule has 4 aromatic rings. The lowest BCUT2D eigenvalue weighted by Gasteiger charge is -2.23. The number of anilines is 1. The summed E-state index contributed by atoms with van der Waals surface area (Å²) in [6, 6.07) is 20.8. The molecule has 2 N–H and O–H groups in total. The zero-order valence-corrected chi connectivity index (χ0v) is 14.8. The number of pyridine rings is 2. The van der Waals surface area contributed by atoms with Gasteiger partial charge >= 0.3 is 0 Å². The summed E-state index contributed by atoms with van der Waals surface area (Å²) in [5, 5.41) is 15.2. The van der Waals surface area contributed by atoms with E-state index in [4.69, 9.17) is 4.74 Å². The molecular weight excluding hydrogens is 338 g/mol. The van der Waals surface area contributed by atoms with Crippen molar-refractivity contribution in [3.63, 3.8) is 0 Å². The van der Waals surface area contributed by atoms with Crippen LogP contribution >= 0.6 is 0 Å². The van der Waals surface area contributed by atoms with Crippen molar-refractivity contribution in [2.75, 3.05) is 12.4 Å². The molecule has 1 unspecified atom stereocenters. The van der Waals surface area contributed by atoms with Crippen LogP contribution in [0, 0.1) is 0 Å². The highest BCUT2D eigenvalue weighted by molar-refractivity contribution is 5.91. The highest BCUT2D eigenvalue weighted by Crippen LogP contribution is 2.40. The second kappa shape index (κ2) is 7.33. The van der Waals surface area contributed by atoms with Crippen LogP contribution in [0.1, 0.15) is 17.2 Å². The number of methoxy groups -OCH3 is 1. The van der Waals surface area contributed by atoms with Gasteiger partial charge in [-0.2, -0.15) is 0 Å². The van der Waals surface area contributed by atoms with Gasteiger partial charge in [-0.05, 0) is 35.9 Å². The lowest BCUT2D eigenvalue weighted by molar-refractivity contribution is 0.416. The summed E-state index contributed by atoms with van der Waals surface area (Å²) in [6.45, 7) is 0. The maximum Gasteiger partial charge on any atom is 0.147 e. The molecule has 0 spiro atoms. The van der Waals surface area contributed by atoms with Gasteiger partial charge in [0, 0.05) is 23.3 Å². The number of rotatable bonds is 5. The fraction of sp³-hybridized carbons (Fsp3) is 0.0909. The summed E-state index contributed by atoms with van der Waals surface area (Å²) in [5.74, 6) is 1.50. The Hall–Kier alpha value is -3.60. The number of aromatic nitrogens is 2. The summed E-state index contributed by atoms with van der Waals surface area (Å²) in [7, 11) is 1.62. The zero-order valence-electron chi connectivity index (χ0n) is 14.8. The predicted molar refractivity (Wildman–Crippen MR) is 106 cm³/mol. The first-order chi connectivity index (χ1) is 13.3. The highest BCUT2D eigenvalue weighted by atomic mass is 16.5. The molecule has 0 radical (unpaired) electrons. The van der Waals surface area contributed by atoms with Crippen LogP contribution in [0.15, 0.2) is 79.1 Å². The van der Waals surface area contributed by atoms with E-state index in [1.807, 2.05) is 66.7 Å². The molecule has 1 atom stereocenters. The molecule has 134 valence electrons. The maximum atomic E-state index is 11.0. The third-order valence-corrected chi connectivity index (χ3v) is 4.48. The zero-order chi connectivity index (χ0) is 18.6. The molecule has 0 saturated carbocycles. The SMILES string of the molecule is COc1cc(C(Nc2ccccn2)c2ccccc2)c(O)c2ncccc12. The van der Waals surface area contributed by atoms with E-state index in [1.165, 1.54) is 0 Å².